The van der Waals surface area contributed by atoms with Crippen molar-refractivity contribution in [3.05, 3.63) is 22.8 Å². The van der Waals surface area contributed by atoms with Crippen LogP contribution < -0.4 is 5.32 Å². The van der Waals surface area contributed by atoms with Crippen LogP contribution in [0, 0.1) is 13.8 Å². The number of ether oxygens (including phenoxy) is 1. The normalized spacial score (nSPS) is 12.8. The van der Waals surface area contributed by atoms with Gasteiger partial charge in [0.05, 0.1) is 0 Å². The predicted molar refractivity (Wildman–Crippen MR) is 68.9 cm³/mol. The highest BCUT2D eigenvalue weighted by Gasteiger charge is 2.15. The maximum absolute atomic E-state index is 5.65. The molecule has 0 aromatic carbocycles. The molecular formula is C13H23N3O. The van der Waals surface area contributed by atoms with Crippen LogP contribution in [0.15, 0.2) is 0 Å². The summed E-state index contributed by atoms with van der Waals surface area (Å²) >= 11 is 0. The molecule has 1 aromatic heterocycles. The van der Waals surface area contributed by atoms with Crippen molar-refractivity contribution in [1.82, 2.24) is 15.3 Å². The minimum atomic E-state index is 0.0148. The summed E-state index contributed by atoms with van der Waals surface area (Å²) in [6, 6.07) is 0. The van der Waals surface area contributed by atoms with E-state index in [2.05, 4.69) is 22.2 Å². The predicted octanol–water partition coefficient (Wildman–Crippen LogP) is 2.30. The third-order valence-electron chi connectivity index (χ3n) is 2.82. The summed E-state index contributed by atoms with van der Waals surface area (Å²) in [5.74, 6) is 0.809. The summed E-state index contributed by atoms with van der Waals surface area (Å²) in [4.78, 5) is 9.13. The van der Waals surface area contributed by atoms with Gasteiger partial charge < -0.3 is 10.1 Å². The number of nitrogens with zero attached hydrogens (tertiary/aromatic N) is 2. The van der Waals surface area contributed by atoms with E-state index in [1.807, 2.05) is 27.8 Å². The van der Waals surface area contributed by atoms with Gasteiger partial charge in [0, 0.05) is 30.1 Å². The molecule has 1 aromatic rings. The molecule has 1 rings (SSSR count). The second kappa shape index (κ2) is 6.67. The quantitative estimate of drug-likeness (QED) is 0.824. The van der Waals surface area contributed by atoms with Crippen LogP contribution >= 0.6 is 0 Å². The molecule has 96 valence electrons. The molecule has 0 amide bonds. The highest BCUT2D eigenvalue weighted by atomic mass is 16.5. The number of nitrogens with one attached hydrogen (secondary N) is 1. The molecule has 0 aliphatic heterocycles. The van der Waals surface area contributed by atoms with Gasteiger partial charge in [0.1, 0.15) is 6.10 Å². The molecule has 1 N–H and O–H groups in total. The number of hydrogen-bond donors (Lipinski definition) is 1. The lowest BCUT2D eigenvalue weighted by molar-refractivity contribution is 0.0532. The van der Waals surface area contributed by atoms with Gasteiger partial charge in [-0.05, 0) is 34.2 Å². The molecule has 0 fully saturated rings. The van der Waals surface area contributed by atoms with Crippen LogP contribution in [0.1, 0.15) is 49.1 Å². The van der Waals surface area contributed by atoms with Crippen molar-refractivity contribution in [3.8, 4) is 0 Å². The molecule has 1 atom stereocenters. The summed E-state index contributed by atoms with van der Waals surface area (Å²) in [7, 11) is 1.93. The van der Waals surface area contributed by atoms with E-state index in [4.69, 9.17) is 4.74 Å². The van der Waals surface area contributed by atoms with Gasteiger partial charge in [0.2, 0.25) is 0 Å². The molecule has 0 saturated carbocycles. The molecule has 0 radical (unpaired) electrons. The Hall–Kier alpha value is -1.00. The number of aromatic nitrogens is 2. The average molecular weight is 237 g/mol. The third kappa shape index (κ3) is 3.48. The first-order chi connectivity index (χ1) is 8.13. The van der Waals surface area contributed by atoms with Crippen LogP contribution in [0.2, 0.25) is 0 Å². The largest absolute Gasteiger partial charge is 0.371 e. The Kier molecular flexibility index (Phi) is 5.51. The zero-order chi connectivity index (χ0) is 12.8. The molecule has 0 aliphatic rings. The Morgan fingerprint density at radius 2 is 1.76 bits per heavy atom. The lowest BCUT2D eigenvalue weighted by atomic mass is 10.1. The molecule has 4 nitrogen and oxygen atoms in total. The summed E-state index contributed by atoms with van der Waals surface area (Å²) in [6.07, 6.45) is 0.916. The van der Waals surface area contributed by atoms with E-state index < -0.39 is 0 Å². The van der Waals surface area contributed by atoms with Gasteiger partial charge in [0.25, 0.3) is 0 Å². The lowest BCUT2D eigenvalue weighted by Gasteiger charge is -2.16. The van der Waals surface area contributed by atoms with Crippen LogP contribution in [-0.2, 0) is 11.3 Å². The van der Waals surface area contributed by atoms with Gasteiger partial charge in [-0.1, -0.05) is 6.92 Å². The van der Waals surface area contributed by atoms with Crippen LogP contribution in [-0.4, -0.2) is 23.6 Å². The molecule has 0 saturated heterocycles. The first kappa shape index (κ1) is 14.1. The zero-order valence-corrected chi connectivity index (χ0v) is 11.5. The average Bonchev–Trinajstić information content (AvgIpc) is 2.30. The van der Waals surface area contributed by atoms with Crippen LogP contribution in [0.25, 0.3) is 0 Å². The summed E-state index contributed by atoms with van der Waals surface area (Å²) in [5.41, 5.74) is 3.27. The lowest BCUT2D eigenvalue weighted by Crippen LogP contribution is -2.15. The zero-order valence-electron chi connectivity index (χ0n) is 11.5. The Bertz CT molecular complexity index is 343. The van der Waals surface area contributed by atoms with Gasteiger partial charge >= 0.3 is 0 Å². The Labute approximate surface area is 104 Å². The van der Waals surface area contributed by atoms with Crippen molar-refractivity contribution < 1.29 is 4.74 Å². The van der Waals surface area contributed by atoms with Gasteiger partial charge in [0.15, 0.2) is 5.82 Å². The molecule has 1 unspecified atom stereocenters. The fraction of sp³-hybridized carbons (Fsp3) is 0.692. The molecule has 4 heteroatoms. The smallest absolute Gasteiger partial charge is 0.157 e. The van der Waals surface area contributed by atoms with Crippen molar-refractivity contribution in [3.63, 3.8) is 0 Å². The van der Waals surface area contributed by atoms with Crippen molar-refractivity contribution >= 4 is 0 Å². The van der Waals surface area contributed by atoms with E-state index in [-0.39, 0.29) is 6.10 Å². The van der Waals surface area contributed by atoms with E-state index in [1.54, 1.807) is 0 Å². The first-order valence-electron chi connectivity index (χ1n) is 6.24. The summed E-state index contributed by atoms with van der Waals surface area (Å²) < 4.78 is 5.65. The first-order valence-corrected chi connectivity index (χ1v) is 6.24. The monoisotopic (exact) mass is 237 g/mol. The minimum Gasteiger partial charge on any atom is -0.371 e. The van der Waals surface area contributed by atoms with Crippen LogP contribution in [0.4, 0.5) is 0 Å². The van der Waals surface area contributed by atoms with Crippen LogP contribution in [0.3, 0.4) is 0 Å². The Balaban J connectivity index is 3.03. The highest BCUT2D eigenvalue weighted by Crippen LogP contribution is 2.20. The standard InChI is InChI=1S/C13H23N3O/c1-6-12(17-7-2)13-15-9(3)11(8-14-5)10(4)16-13/h12,14H,6-8H2,1-5H3. The maximum Gasteiger partial charge on any atom is 0.157 e. The molecule has 0 aliphatic carbocycles. The molecule has 0 bridgehead atoms. The SMILES string of the molecule is CCOC(CC)c1nc(C)c(CNC)c(C)n1. The Morgan fingerprint density at radius 3 is 2.18 bits per heavy atom. The van der Waals surface area contributed by atoms with Gasteiger partial charge in [-0.15, -0.1) is 0 Å². The second-order valence-corrected chi connectivity index (χ2v) is 4.11. The van der Waals surface area contributed by atoms with E-state index in [1.165, 1.54) is 5.56 Å². The maximum atomic E-state index is 5.65. The van der Waals surface area contributed by atoms with E-state index in [9.17, 15) is 0 Å². The van der Waals surface area contributed by atoms with Crippen LogP contribution in [0.5, 0.6) is 0 Å². The van der Waals surface area contributed by atoms with Crippen molar-refractivity contribution in [2.75, 3.05) is 13.7 Å². The number of hydrogen-bond acceptors (Lipinski definition) is 4. The van der Waals surface area contributed by atoms with Gasteiger partial charge in [-0.3, -0.25) is 0 Å². The summed E-state index contributed by atoms with van der Waals surface area (Å²) in [5, 5.41) is 3.14. The molecular weight excluding hydrogens is 214 g/mol. The van der Waals surface area contributed by atoms with E-state index in [0.717, 1.165) is 30.2 Å². The second-order valence-electron chi connectivity index (χ2n) is 4.11. The number of aryl methyl sites for hydroxylation is 2. The Morgan fingerprint density at radius 1 is 1.18 bits per heavy atom. The third-order valence-corrected chi connectivity index (χ3v) is 2.82. The molecule has 0 spiro atoms. The fourth-order valence-corrected chi connectivity index (χ4v) is 1.92. The van der Waals surface area contributed by atoms with Crippen molar-refractivity contribution in [1.29, 1.82) is 0 Å². The molecule has 17 heavy (non-hydrogen) atoms. The van der Waals surface area contributed by atoms with Crippen molar-refractivity contribution in [2.45, 2.75) is 46.8 Å². The van der Waals surface area contributed by atoms with Crippen molar-refractivity contribution in [2.24, 2.45) is 0 Å². The topological polar surface area (TPSA) is 47.0 Å². The highest BCUT2D eigenvalue weighted by molar-refractivity contribution is 5.24. The van der Waals surface area contributed by atoms with Gasteiger partial charge in [-0.25, -0.2) is 9.97 Å². The van der Waals surface area contributed by atoms with E-state index >= 15 is 0 Å². The number of rotatable bonds is 6. The van der Waals surface area contributed by atoms with E-state index in [0.29, 0.717) is 6.61 Å². The fourth-order valence-electron chi connectivity index (χ4n) is 1.92. The van der Waals surface area contributed by atoms with Gasteiger partial charge in [-0.2, -0.15) is 0 Å². The summed E-state index contributed by atoms with van der Waals surface area (Å²) in [6.45, 7) is 9.66. The molecule has 1 heterocycles. The minimum absolute atomic E-state index is 0.0148.